The summed E-state index contributed by atoms with van der Waals surface area (Å²) in [7, 11) is 0. The molecule has 0 spiro atoms. The van der Waals surface area contributed by atoms with E-state index in [1.54, 1.807) is 6.07 Å². The Morgan fingerprint density at radius 3 is 2.44 bits per heavy atom. The summed E-state index contributed by atoms with van der Waals surface area (Å²) >= 11 is 3.15. The van der Waals surface area contributed by atoms with Crippen LogP contribution in [0.15, 0.2) is 18.2 Å². The van der Waals surface area contributed by atoms with E-state index in [4.69, 9.17) is 5.11 Å². The van der Waals surface area contributed by atoms with Gasteiger partial charge in [0.1, 0.15) is 5.78 Å². The van der Waals surface area contributed by atoms with Crippen molar-refractivity contribution in [3.63, 3.8) is 0 Å². The first kappa shape index (κ1) is 14.8. The number of ketones is 1. The van der Waals surface area contributed by atoms with E-state index >= 15 is 0 Å². The minimum absolute atomic E-state index is 0.103. The number of carbonyl (C=O) groups excluding carboxylic acids is 1. The van der Waals surface area contributed by atoms with Crippen LogP contribution in [0.5, 0.6) is 0 Å². The lowest BCUT2D eigenvalue weighted by Gasteiger charge is -2.18. The van der Waals surface area contributed by atoms with Crippen molar-refractivity contribution < 1.29 is 24.9 Å². The van der Waals surface area contributed by atoms with Gasteiger partial charge in [-0.3, -0.25) is 4.79 Å². The number of aliphatic carboxylic acids is 1. The number of rotatable bonds is 5. The Kier molecular flexibility index (Phi) is 5.01. The predicted octanol–water partition coefficient (Wildman–Crippen LogP) is 1.32. The summed E-state index contributed by atoms with van der Waals surface area (Å²) < 4.78 is 0. The van der Waals surface area contributed by atoms with E-state index in [2.05, 4.69) is 15.9 Å². The van der Waals surface area contributed by atoms with Gasteiger partial charge in [-0.2, -0.15) is 0 Å². The molecule has 3 N–H and O–H groups in total. The van der Waals surface area contributed by atoms with Crippen LogP contribution in [0.2, 0.25) is 0 Å². The first-order valence-electron chi connectivity index (χ1n) is 5.18. The fourth-order valence-electron chi connectivity index (χ4n) is 1.65. The molecule has 0 bridgehead atoms. The quantitative estimate of drug-likeness (QED) is 0.712. The number of carboxylic acids is 1. The molecular weight excluding hydrogens is 304 g/mol. The monoisotopic (exact) mass is 316 g/mol. The Labute approximate surface area is 112 Å². The fraction of sp³-hybridized carbons (Fsp3) is 0.333. The maximum Gasteiger partial charge on any atom is 0.337 e. The second-order valence-corrected chi connectivity index (χ2v) is 4.71. The smallest absolute Gasteiger partial charge is 0.337 e. The lowest BCUT2D eigenvalue weighted by Crippen LogP contribution is -2.16. The van der Waals surface area contributed by atoms with E-state index in [0.29, 0.717) is 11.1 Å². The lowest BCUT2D eigenvalue weighted by molar-refractivity contribution is -0.147. The molecule has 0 saturated heterocycles. The zero-order chi connectivity index (χ0) is 13.9. The molecule has 1 aromatic carbocycles. The predicted molar refractivity (Wildman–Crippen MR) is 67.3 cm³/mol. The molecular formula is C12H13BrO5. The van der Waals surface area contributed by atoms with Gasteiger partial charge >= 0.3 is 5.97 Å². The molecule has 1 rings (SSSR count). The van der Waals surface area contributed by atoms with Gasteiger partial charge in [-0.1, -0.05) is 34.1 Å². The fourth-order valence-corrected chi connectivity index (χ4v) is 2.21. The normalized spacial score (nSPS) is 14.0. The van der Waals surface area contributed by atoms with Gasteiger partial charge in [-0.25, -0.2) is 4.79 Å². The largest absolute Gasteiger partial charge is 0.479 e. The number of halogens is 1. The Morgan fingerprint density at radius 2 is 2.00 bits per heavy atom. The van der Waals surface area contributed by atoms with Crippen LogP contribution in [0.25, 0.3) is 0 Å². The Hall–Kier alpha value is -1.24. The average molecular weight is 317 g/mol. The molecule has 98 valence electrons. The zero-order valence-electron chi connectivity index (χ0n) is 9.63. The molecule has 18 heavy (non-hydrogen) atoms. The maximum absolute atomic E-state index is 11.4. The molecule has 0 saturated carbocycles. The van der Waals surface area contributed by atoms with Gasteiger partial charge in [-0.15, -0.1) is 0 Å². The van der Waals surface area contributed by atoms with Crippen LogP contribution >= 0.6 is 15.9 Å². The first-order chi connectivity index (χ1) is 8.40. The minimum Gasteiger partial charge on any atom is -0.479 e. The number of aliphatic hydroxyl groups excluding tert-OH is 2. The average Bonchev–Trinajstić information content (AvgIpc) is 2.35. The van der Waals surface area contributed by atoms with E-state index in [1.807, 2.05) is 0 Å². The van der Waals surface area contributed by atoms with Crippen molar-refractivity contribution in [3.8, 4) is 0 Å². The van der Waals surface area contributed by atoms with Gasteiger partial charge < -0.3 is 15.3 Å². The van der Waals surface area contributed by atoms with E-state index in [0.717, 1.165) is 0 Å². The van der Waals surface area contributed by atoms with Crippen LogP contribution < -0.4 is 0 Å². The van der Waals surface area contributed by atoms with E-state index in [-0.39, 0.29) is 18.0 Å². The van der Waals surface area contributed by atoms with Gasteiger partial charge in [-0.05, 0) is 23.6 Å². The van der Waals surface area contributed by atoms with Crippen molar-refractivity contribution in [3.05, 3.63) is 34.9 Å². The highest BCUT2D eigenvalue weighted by Crippen LogP contribution is 2.33. The van der Waals surface area contributed by atoms with E-state index in [9.17, 15) is 19.8 Å². The molecule has 1 aromatic rings. The van der Waals surface area contributed by atoms with Crippen LogP contribution in [0.1, 0.15) is 34.5 Å². The molecule has 0 radical (unpaired) electrons. The van der Waals surface area contributed by atoms with Gasteiger partial charge in [0, 0.05) is 0 Å². The molecule has 2 unspecified atom stereocenters. The second-order valence-electron chi connectivity index (χ2n) is 3.79. The third kappa shape index (κ3) is 2.95. The van der Waals surface area contributed by atoms with Crippen LogP contribution in [0, 0.1) is 0 Å². The van der Waals surface area contributed by atoms with Gasteiger partial charge in [0.05, 0.1) is 11.4 Å². The number of carbonyl (C=O) groups is 2. The summed E-state index contributed by atoms with van der Waals surface area (Å²) in [6.07, 6.45) is -1.73. The molecule has 0 aliphatic rings. The highest BCUT2D eigenvalue weighted by Gasteiger charge is 2.26. The summed E-state index contributed by atoms with van der Waals surface area (Å²) in [4.78, 5) is 21.5. The van der Waals surface area contributed by atoms with Crippen LogP contribution in [0.3, 0.4) is 0 Å². The molecule has 0 amide bonds. The topological polar surface area (TPSA) is 94.8 Å². The third-order valence-corrected chi connectivity index (χ3v) is 3.64. The summed E-state index contributed by atoms with van der Waals surface area (Å²) in [5.41, 5.74) is 0.818. The number of hydrogen-bond acceptors (Lipinski definition) is 4. The zero-order valence-corrected chi connectivity index (χ0v) is 11.2. The maximum atomic E-state index is 11.4. The summed E-state index contributed by atoms with van der Waals surface area (Å²) in [5.74, 6) is -1.65. The standard InChI is InChI=1S/C12H13BrO5/c1-6(15)10(13)9-7(5-14)3-2-4-8(9)11(16)12(17)18/h2-4,10-11,14,16H,5H2,1H3,(H,17,18). The molecule has 6 heteroatoms. The molecule has 0 heterocycles. The van der Waals surface area contributed by atoms with Crippen molar-refractivity contribution in [2.75, 3.05) is 0 Å². The van der Waals surface area contributed by atoms with Crippen molar-refractivity contribution in [2.24, 2.45) is 0 Å². The second kappa shape index (κ2) is 6.08. The van der Waals surface area contributed by atoms with Crippen molar-refractivity contribution in [1.29, 1.82) is 0 Å². The van der Waals surface area contributed by atoms with Crippen LogP contribution in [-0.4, -0.2) is 27.1 Å². The Bertz CT molecular complexity index is 472. The number of hydrogen-bond donors (Lipinski definition) is 3. The summed E-state index contributed by atoms with van der Waals surface area (Å²) in [5, 5.41) is 27.7. The summed E-state index contributed by atoms with van der Waals surface area (Å²) in [6.45, 7) is 0.995. The van der Waals surface area contributed by atoms with Gasteiger partial charge in [0.2, 0.25) is 0 Å². The Morgan fingerprint density at radius 1 is 1.39 bits per heavy atom. The molecule has 5 nitrogen and oxygen atoms in total. The number of carboxylic acid groups (broad SMARTS) is 1. The number of Topliss-reactive ketones (excluding diaryl/α,β-unsaturated/α-hetero) is 1. The van der Waals surface area contributed by atoms with Crippen LogP contribution in [-0.2, 0) is 16.2 Å². The van der Waals surface area contributed by atoms with Crippen molar-refractivity contribution in [1.82, 2.24) is 0 Å². The van der Waals surface area contributed by atoms with Crippen molar-refractivity contribution >= 4 is 27.7 Å². The van der Waals surface area contributed by atoms with Gasteiger partial charge in [0.15, 0.2) is 6.10 Å². The number of aliphatic hydroxyl groups is 2. The Balaban J connectivity index is 3.42. The summed E-state index contributed by atoms with van der Waals surface area (Å²) in [6, 6.07) is 4.52. The molecule has 0 aliphatic carbocycles. The lowest BCUT2D eigenvalue weighted by atomic mass is 9.93. The van der Waals surface area contributed by atoms with Gasteiger partial charge in [0.25, 0.3) is 0 Å². The van der Waals surface area contributed by atoms with Crippen molar-refractivity contribution in [2.45, 2.75) is 24.5 Å². The van der Waals surface area contributed by atoms with Crippen LogP contribution in [0.4, 0.5) is 0 Å². The molecule has 0 fully saturated rings. The molecule has 2 atom stereocenters. The van der Waals surface area contributed by atoms with E-state index < -0.39 is 16.9 Å². The molecule has 0 aliphatic heterocycles. The van der Waals surface area contributed by atoms with E-state index in [1.165, 1.54) is 19.1 Å². The highest BCUT2D eigenvalue weighted by atomic mass is 79.9. The highest BCUT2D eigenvalue weighted by molar-refractivity contribution is 9.09. The number of alkyl halides is 1. The SMILES string of the molecule is CC(=O)C(Br)c1c(CO)cccc1C(O)C(=O)O. The minimum atomic E-state index is -1.73. The first-order valence-corrected chi connectivity index (χ1v) is 6.09. The molecule has 0 aromatic heterocycles. The number of benzene rings is 1. The third-order valence-electron chi connectivity index (χ3n) is 2.54.